The zero-order chi connectivity index (χ0) is 17.6. The largest absolute Gasteiger partial charge is 0.389 e. The van der Waals surface area contributed by atoms with Crippen LogP contribution < -0.4 is 10.2 Å². The number of aliphatic hydroxyl groups excluding tert-OH is 1. The lowest BCUT2D eigenvalue weighted by atomic mass is 10.1. The average Bonchev–Trinajstić information content (AvgIpc) is 2.84. The summed E-state index contributed by atoms with van der Waals surface area (Å²) in [5, 5.41) is 13.3. The molecule has 0 bridgehead atoms. The SMILES string of the molecule is CNc1ccnc(N2CCN(C(=O)Cc3ccccc3)CC(O)C2)n1. The molecule has 1 unspecified atom stereocenters. The van der Waals surface area contributed by atoms with E-state index in [1.165, 1.54) is 0 Å². The first-order valence-corrected chi connectivity index (χ1v) is 8.41. The van der Waals surface area contributed by atoms with Crippen LogP contribution in [0.15, 0.2) is 42.6 Å². The van der Waals surface area contributed by atoms with Gasteiger partial charge in [0.15, 0.2) is 0 Å². The number of aromatic nitrogens is 2. The van der Waals surface area contributed by atoms with E-state index in [2.05, 4.69) is 15.3 Å². The first kappa shape index (κ1) is 17.2. The fraction of sp³-hybridized carbons (Fsp3) is 0.389. The lowest BCUT2D eigenvalue weighted by molar-refractivity contribution is -0.131. The molecule has 0 aliphatic carbocycles. The number of benzene rings is 1. The van der Waals surface area contributed by atoms with Crippen LogP contribution in [0.1, 0.15) is 5.56 Å². The van der Waals surface area contributed by atoms with E-state index >= 15 is 0 Å². The van der Waals surface area contributed by atoms with Gasteiger partial charge in [-0.3, -0.25) is 4.79 Å². The van der Waals surface area contributed by atoms with Crippen molar-refractivity contribution in [2.24, 2.45) is 0 Å². The molecule has 1 aliphatic rings. The molecule has 3 rings (SSSR count). The van der Waals surface area contributed by atoms with Crippen LogP contribution in [0.3, 0.4) is 0 Å². The fourth-order valence-electron chi connectivity index (χ4n) is 2.92. The minimum Gasteiger partial charge on any atom is -0.389 e. The molecule has 1 aromatic carbocycles. The Labute approximate surface area is 147 Å². The van der Waals surface area contributed by atoms with Gasteiger partial charge < -0.3 is 20.2 Å². The Morgan fingerprint density at radius 2 is 2.04 bits per heavy atom. The van der Waals surface area contributed by atoms with Crippen molar-refractivity contribution in [3.63, 3.8) is 0 Å². The normalized spacial score (nSPS) is 17.9. The van der Waals surface area contributed by atoms with Crippen molar-refractivity contribution < 1.29 is 9.90 Å². The van der Waals surface area contributed by atoms with Gasteiger partial charge in [0.1, 0.15) is 5.82 Å². The third-order valence-electron chi connectivity index (χ3n) is 4.23. The minimum absolute atomic E-state index is 0.0250. The van der Waals surface area contributed by atoms with Crippen molar-refractivity contribution in [2.45, 2.75) is 12.5 Å². The van der Waals surface area contributed by atoms with Gasteiger partial charge in [-0.2, -0.15) is 4.98 Å². The Kier molecular flexibility index (Phi) is 5.45. The van der Waals surface area contributed by atoms with Crippen LogP contribution in [0, 0.1) is 0 Å². The molecule has 1 aromatic heterocycles. The highest BCUT2D eigenvalue weighted by Crippen LogP contribution is 2.14. The van der Waals surface area contributed by atoms with Crippen LogP contribution in [0.2, 0.25) is 0 Å². The van der Waals surface area contributed by atoms with Crippen molar-refractivity contribution in [1.82, 2.24) is 14.9 Å². The Hall–Kier alpha value is -2.67. The molecule has 2 heterocycles. The van der Waals surface area contributed by atoms with Gasteiger partial charge in [-0.1, -0.05) is 30.3 Å². The third-order valence-corrected chi connectivity index (χ3v) is 4.23. The molecule has 7 heteroatoms. The first-order chi connectivity index (χ1) is 12.2. The number of amides is 1. The lowest BCUT2D eigenvalue weighted by Crippen LogP contribution is -2.38. The monoisotopic (exact) mass is 341 g/mol. The molecule has 0 spiro atoms. The molecule has 7 nitrogen and oxygen atoms in total. The Balaban J connectivity index is 1.67. The van der Waals surface area contributed by atoms with E-state index in [1.807, 2.05) is 35.2 Å². The molecule has 1 saturated heterocycles. The van der Waals surface area contributed by atoms with E-state index in [0.29, 0.717) is 38.5 Å². The minimum atomic E-state index is -0.635. The number of nitrogens with one attached hydrogen (secondary N) is 1. The Bertz CT molecular complexity index is 710. The molecular formula is C18H23N5O2. The predicted molar refractivity (Wildman–Crippen MR) is 96.5 cm³/mol. The summed E-state index contributed by atoms with van der Waals surface area (Å²) in [6.45, 7) is 1.86. The zero-order valence-electron chi connectivity index (χ0n) is 14.3. The molecular weight excluding hydrogens is 318 g/mol. The van der Waals surface area contributed by atoms with Crippen molar-refractivity contribution in [3.8, 4) is 0 Å². The van der Waals surface area contributed by atoms with Gasteiger partial charge in [-0.25, -0.2) is 4.98 Å². The van der Waals surface area contributed by atoms with Crippen LogP contribution in [0.25, 0.3) is 0 Å². The summed E-state index contributed by atoms with van der Waals surface area (Å²) >= 11 is 0. The summed E-state index contributed by atoms with van der Waals surface area (Å²) in [7, 11) is 1.80. The van der Waals surface area contributed by atoms with E-state index in [1.54, 1.807) is 24.2 Å². The van der Waals surface area contributed by atoms with Crippen LogP contribution in [0.5, 0.6) is 0 Å². The number of carbonyl (C=O) groups is 1. The smallest absolute Gasteiger partial charge is 0.227 e. The standard InChI is InChI=1S/C18H23N5O2/c1-19-16-7-8-20-18(21-16)23-10-9-22(12-15(24)13-23)17(25)11-14-5-3-2-4-6-14/h2-8,15,24H,9-13H2,1H3,(H,19,20,21). The molecule has 0 radical (unpaired) electrons. The summed E-state index contributed by atoms with van der Waals surface area (Å²) in [5.41, 5.74) is 0.980. The number of carbonyl (C=O) groups excluding carboxylic acids is 1. The molecule has 0 saturated carbocycles. The lowest BCUT2D eigenvalue weighted by Gasteiger charge is -2.22. The molecule has 132 valence electrons. The predicted octanol–water partition coefficient (Wildman–Crippen LogP) is 0.770. The van der Waals surface area contributed by atoms with Gasteiger partial charge in [0, 0.05) is 39.4 Å². The second-order valence-electron chi connectivity index (χ2n) is 6.09. The second-order valence-corrected chi connectivity index (χ2v) is 6.09. The maximum Gasteiger partial charge on any atom is 0.227 e. The highest BCUT2D eigenvalue weighted by atomic mass is 16.3. The average molecular weight is 341 g/mol. The van der Waals surface area contributed by atoms with Crippen molar-refractivity contribution in [3.05, 3.63) is 48.2 Å². The molecule has 2 aromatic rings. The van der Waals surface area contributed by atoms with Crippen LogP contribution in [0.4, 0.5) is 11.8 Å². The summed E-state index contributed by atoms with van der Waals surface area (Å²) in [6.07, 6.45) is 1.40. The van der Waals surface area contributed by atoms with Gasteiger partial charge in [-0.15, -0.1) is 0 Å². The molecule has 25 heavy (non-hydrogen) atoms. The van der Waals surface area contributed by atoms with Crippen molar-refractivity contribution in [1.29, 1.82) is 0 Å². The maximum atomic E-state index is 12.6. The van der Waals surface area contributed by atoms with Gasteiger partial charge in [0.05, 0.1) is 12.5 Å². The number of aliphatic hydroxyl groups is 1. The quantitative estimate of drug-likeness (QED) is 0.855. The molecule has 2 N–H and O–H groups in total. The van der Waals surface area contributed by atoms with Crippen LogP contribution in [-0.4, -0.2) is 65.2 Å². The number of hydrogen-bond donors (Lipinski definition) is 2. The maximum absolute atomic E-state index is 12.6. The highest BCUT2D eigenvalue weighted by Gasteiger charge is 2.25. The zero-order valence-corrected chi connectivity index (χ0v) is 14.3. The van der Waals surface area contributed by atoms with Crippen LogP contribution >= 0.6 is 0 Å². The third kappa shape index (κ3) is 4.45. The van der Waals surface area contributed by atoms with Crippen LogP contribution in [-0.2, 0) is 11.2 Å². The molecule has 1 amide bonds. The number of hydrogen-bond acceptors (Lipinski definition) is 6. The Morgan fingerprint density at radius 3 is 2.80 bits per heavy atom. The number of anilines is 2. The summed E-state index contributed by atoms with van der Waals surface area (Å²) in [6, 6.07) is 11.4. The van der Waals surface area contributed by atoms with Crippen molar-refractivity contribution in [2.75, 3.05) is 43.4 Å². The number of nitrogens with zero attached hydrogens (tertiary/aromatic N) is 4. The highest BCUT2D eigenvalue weighted by molar-refractivity contribution is 5.79. The topological polar surface area (TPSA) is 81.6 Å². The first-order valence-electron chi connectivity index (χ1n) is 8.41. The number of β-amino-alcohol motifs (C(OH)–C–C–N with tert-alkyl or cyclic N) is 1. The van der Waals surface area contributed by atoms with E-state index in [-0.39, 0.29) is 5.91 Å². The molecule has 1 aliphatic heterocycles. The van der Waals surface area contributed by atoms with E-state index in [4.69, 9.17) is 0 Å². The van der Waals surface area contributed by atoms with Gasteiger partial charge in [-0.05, 0) is 11.6 Å². The van der Waals surface area contributed by atoms with E-state index in [9.17, 15) is 9.90 Å². The van der Waals surface area contributed by atoms with Gasteiger partial charge in [0.2, 0.25) is 11.9 Å². The molecule has 1 atom stereocenters. The van der Waals surface area contributed by atoms with E-state index in [0.717, 1.165) is 11.4 Å². The van der Waals surface area contributed by atoms with E-state index < -0.39 is 6.10 Å². The van der Waals surface area contributed by atoms with Gasteiger partial charge in [0.25, 0.3) is 0 Å². The molecule has 1 fully saturated rings. The summed E-state index contributed by atoms with van der Waals surface area (Å²) in [4.78, 5) is 24.9. The second kappa shape index (κ2) is 7.94. The van der Waals surface area contributed by atoms with Gasteiger partial charge >= 0.3 is 0 Å². The van der Waals surface area contributed by atoms with Crippen molar-refractivity contribution >= 4 is 17.7 Å². The summed E-state index contributed by atoms with van der Waals surface area (Å²) in [5.74, 6) is 1.31. The summed E-state index contributed by atoms with van der Waals surface area (Å²) < 4.78 is 0. The Morgan fingerprint density at radius 1 is 1.24 bits per heavy atom. The number of rotatable bonds is 4. The fourth-order valence-corrected chi connectivity index (χ4v) is 2.92.